The van der Waals surface area contributed by atoms with Crippen LogP contribution in [-0.4, -0.2) is 35.5 Å². The van der Waals surface area contributed by atoms with Crippen LogP contribution in [0.5, 0.6) is 0 Å². The van der Waals surface area contributed by atoms with Gasteiger partial charge in [0, 0.05) is 13.0 Å². The van der Waals surface area contributed by atoms with Gasteiger partial charge in [0.15, 0.2) is 0 Å². The van der Waals surface area contributed by atoms with E-state index in [4.69, 9.17) is 5.11 Å². The van der Waals surface area contributed by atoms with E-state index in [0.29, 0.717) is 0 Å². The van der Waals surface area contributed by atoms with E-state index in [-0.39, 0.29) is 43.0 Å². The number of hydrogen-bond acceptors (Lipinski definition) is 3. The van der Waals surface area contributed by atoms with Crippen LogP contribution in [0, 0.1) is 11.8 Å². The van der Waals surface area contributed by atoms with Gasteiger partial charge in [-0.15, -0.1) is 0 Å². The molecular weight excluding hydrogens is 308 g/mol. The van der Waals surface area contributed by atoms with E-state index in [2.05, 4.69) is 10.6 Å². The fourth-order valence-electron chi connectivity index (χ4n) is 2.30. The van der Waals surface area contributed by atoms with Crippen molar-refractivity contribution in [3.05, 3.63) is 35.9 Å². The highest BCUT2D eigenvalue weighted by Crippen LogP contribution is 2.06. The van der Waals surface area contributed by atoms with Gasteiger partial charge in [0.25, 0.3) is 0 Å². The molecule has 1 aromatic rings. The second kappa shape index (κ2) is 9.70. The monoisotopic (exact) mass is 334 g/mol. The molecule has 1 aromatic carbocycles. The van der Waals surface area contributed by atoms with E-state index in [1.165, 1.54) is 0 Å². The van der Waals surface area contributed by atoms with Crippen molar-refractivity contribution >= 4 is 17.8 Å². The average molecular weight is 334 g/mol. The minimum Gasteiger partial charge on any atom is -0.481 e. The summed E-state index contributed by atoms with van der Waals surface area (Å²) >= 11 is 0. The zero-order chi connectivity index (χ0) is 18.1. The topological polar surface area (TPSA) is 95.5 Å². The summed E-state index contributed by atoms with van der Waals surface area (Å²) in [4.78, 5) is 35.1. The quantitative estimate of drug-likeness (QED) is 0.639. The number of rotatable bonds is 9. The zero-order valence-corrected chi connectivity index (χ0v) is 14.4. The molecule has 0 radical (unpaired) electrons. The van der Waals surface area contributed by atoms with E-state index >= 15 is 0 Å². The van der Waals surface area contributed by atoms with Crippen molar-refractivity contribution in [2.75, 3.05) is 6.54 Å². The van der Waals surface area contributed by atoms with Gasteiger partial charge in [-0.2, -0.15) is 0 Å². The van der Waals surface area contributed by atoms with Crippen LogP contribution in [0.15, 0.2) is 30.3 Å². The van der Waals surface area contributed by atoms with E-state index in [0.717, 1.165) is 5.56 Å². The lowest BCUT2D eigenvalue weighted by molar-refractivity contribution is -0.138. The van der Waals surface area contributed by atoms with Crippen molar-refractivity contribution in [2.45, 2.75) is 39.7 Å². The largest absolute Gasteiger partial charge is 0.481 e. The third kappa shape index (κ3) is 7.26. The molecule has 3 N–H and O–H groups in total. The van der Waals surface area contributed by atoms with Gasteiger partial charge in [-0.25, -0.2) is 0 Å². The number of carbonyl (C=O) groups is 3. The number of hydrogen-bond donors (Lipinski definition) is 3. The molecule has 6 nitrogen and oxygen atoms in total. The zero-order valence-electron chi connectivity index (χ0n) is 14.4. The Morgan fingerprint density at radius 2 is 1.71 bits per heavy atom. The number of aliphatic carboxylic acids is 1. The Balaban J connectivity index is 2.54. The Labute approximate surface area is 142 Å². The molecule has 0 bridgehead atoms. The summed E-state index contributed by atoms with van der Waals surface area (Å²) in [5.74, 6) is -1.63. The first-order chi connectivity index (χ1) is 11.3. The summed E-state index contributed by atoms with van der Waals surface area (Å²) in [7, 11) is 0. The SMILES string of the molecule is CC(CNC(=O)C(NC(=O)Cc1ccccc1)C(C)C)CC(=O)O. The maximum absolute atomic E-state index is 12.3. The van der Waals surface area contributed by atoms with Crippen molar-refractivity contribution in [3.8, 4) is 0 Å². The second-order valence-corrected chi connectivity index (χ2v) is 6.40. The molecule has 24 heavy (non-hydrogen) atoms. The van der Waals surface area contributed by atoms with E-state index in [1.807, 2.05) is 44.2 Å². The van der Waals surface area contributed by atoms with E-state index < -0.39 is 12.0 Å². The van der Waals surface area contributed by atoms with E-state index in [9.17, 15) is 14.4 Å². The molecule has 0 spiro atoms. The molecule has 0 aliphatic rings. The summed E-state index contributed by atoms with van der Waals surface area (Å²) in [5, 5.41) is 14.2. The molecule has 0 aliphatic heterocycles. The fourth-order valence-corrected chi connectivity index (χ4v) is 2.30. The highest BCUT2D eigenvalue weighted by molar-refractivity contribution is 5.88. The average Bonchev–Trinajstić information content (AvgIpc) is 2.50. The first-order valence-electron chi connectivity index (χ1n) is 8.12. The Hall–Kier alpha value is -2.37. The molecule has 2 unspecified atom stereocenters. The number of nitrogens with one attached hydrogen (secondary N) is 2. The molecule has 0 aromatic heterocycles. The Bertz CT molecular complexity index is 557. The molecule has 6 heteroatoms. The number of benzene rings is 1. The summed E-state index contributed by atoms with van der Waals surface area (Å²) in [6.45, 7) is 5.73. The first-order valence-corrected chi connectivity index (χ1v) is 8.12. The Morgan fingerprint density at radius 1 is 1.08 bits per heavy atom. The molecule has 0 fully saturated rings. The molecule has 0 heterocycles. The van der Waals surface area contributed by atoms with Crippen molar-refractivity contribution in [2.24, 2.45) is 11.8 Å². The van der Waals surface area contributed by atoms with Gasteiger partial charge in [-0.3, -0.25) is 14.4 Å². The Kier molecular flexibility index (Phi) is 7.95. The van der Waals surface area contributed by atoms with Crippen LogP contribution < -0.4 is 10.6 Å². The predicted molar refractivity (Wildman–Crippen MR) is 91.3 cm³/mol. The predicted octanol–water partition coefficient (Wildman–Crippen LogP) is 1.60. The van der Waals surface area contributed by atoms with Gasteiger partial charge in [0.2, 0.25) is 11.8 Å². The number of carbonyl (C=O) groups excluding carboxylic acids is 2. The van der Waals surface area contributed by atoms with Crippen LogP contribution in [-0.2, 0) is 20.8 Å². The summed E-state index contributed by atoms with van der Waals surface area (Å²) in [6, 6.07) is 8.68. The maximum Gasteiger partial charge on any atom is 0.303 e. The van der Waals surface area contributed by atoms with Crippen LogP contribution in [0.3, 0.4) is 0 Å². The normalized spacial score (nSPS) is 13.2. The number of amides is 2. The molecule has 1 rings (SSSR count). The molecule has 132 valence electrons. The van der Waals surface area contributed by atoms with Crippen LogP contribution in [0.4, 0.5) is 0 Å². The smallest absolute Gasteiger partial charge is 0.303 e. The van der Waals surface area contributed by atoms with Crippen molar-refractivity contribution in [1.29, 1.82) is 0 Å². The van der Waals surface area contributed by atoms with Crippen LogP contribution in [0.2, 0.25) is 0 Å². The highest BCUT2D eigenvalue weighted by Gasteiger charge is 2.24. The lowest BCUT2D eigenvalue weighted by atomic mass is 10.0. The van der Waals surface area contributed by atoms with Crippen LogP contribution >= 0.6 is 0 Å². The summed E-state index contributed by atoms with van der Waals surface area (Å²) in [5.41, 5.74) is 0.882. The molecular formula is C18H26N2O4. The minimum absolute atomic E-state index is 0.00695. The Morgan fingerprint density at radius 3 is 2.25 bits per heavy atom. The lowest BCUT2D eigenvalue weighted by Crippen LogP contribution is -2.50. The van der Waals surface area contributed by atoms with Gasteiger partial charge in [0.1, 0.15) is 6.04 Å². The molecule has 0 saturated carbocycles. The van der Waals surface area contributed by atoms with Gasteiger partial charge < -0.3 is 15.7 Å². The molecule has 0 saturated heterocycles. The summed E-state index contributed by atoms with van der Waals surface area (Å²) in [6.07, 6.45) is 0.208. The van der Waals surface area contributed by atoms with Gasteiger partial charge in [-0.1, -0.05) is 51.1 Å². The van der Waals surface area contributed by atoms with E-state index in [1.54, 1.807) is 6.92 Å². The third-order valence-electron chi connectivity index (χ3n) is 3.62. The van der Waals surface area contributed by atoms with Crippen LogP contribution in [0.1, 0.15) is 32.8 Å². The molecule has 0 aliphatic carbocycles. The minimum atomic E-state index is -0.895. The lowest BCUT2D eigenvalue weighted by Gasteiger charge is -2.22. The highest BCUT2D eigenvalue weighted by atomic mass is 16.4. The summed E-state index contributed by atoms with van der Waals surface area (Å²) < 4.78 is 0. The molecule has 2 amide bonds. The van der Waals surface area contributed by atoms with Crippen molar-refractivity contribution in [1.82, 2.24) is 10.6 Å². The number of carboxylic acid groups (broad SMARTS) is 1. The first kappa shape index (κ1) is 19.7. The second-order valence-electron chi connectivity index (χ2n) is 6.40. The van der Waals surface area contributed by atoms with Crippen molar-refractivity contribution < 1.29 is 19.5 Å². The number of carboxylic acids is 1. The van der Waals surface area contributed by atoms with Gasteiger partial charge in [0.05, 0.1) is 6.42 Å². The third-order valence-corrected chi connectivity index (χ3v) is 3.62. The van der Waals surface area contributed by atoms with Crippen LogP contribution in [0.25, 0.3) is 0 Å². The molecule has 2 atom stereocenters. The van der Waals surface area contributed by atoms with Crippen molar-refractivity contribution in [3.63, 3.8) is 0 Å². The fraction of sp³-hybridized carbons (Fsp3) is 0.500. The van der Waals surface area contributed by atoms with Gasteiger partial charge in [-0.05, 0) is 17.4 Å². The van der Waals surface area contributed by atoms with Gasteiger partial charge >= 0.3 is 5.97 Å². The maximum atomic E-state index is 12.3. The standard InChI is InChI=1S/C18H26N2O4/c1-12(2)17(18(24)19-11-13(3)9-16(22)23)20-15(21)10-14-7-5-4-6-8-14/h4-8,12-13,17H,9-11H2,1-3H3,(H,19,24)(H,20,21)(H,22,23).